The van der Waals surface area contributed by atoms with Gasteiger partial charge in [-0.1, -0.05) is 62.4 Å². The number of furan rings is 1. The number of benzene rings is 4. The molecular formula is C37H27N3O2. The molecule has 0 amide bonds. The lowest BCUT2D eigenvalue weighted by Crippen LogP contribution is -2.31. The van der Waals surface area contributed by atoms with E-state index in [0.717, 1.165) is 61.9 Å². The minimum Gasteiger partial charge on any atom is -0.457 e. The van der Waals surface area contributed by atoms with Gasteiger partial charge in [-0.3, -0.25) is 9.88 Å². The number of fused-ring (bicyclic) bond motifs is 5. The van der Waals surface area contributed by atoms with Crippen LogP contribution in [0.3, 0.4) is 0 Å². The number of nitrogens with zero attached hydrogens (tertiary/aromatic N) is 3. The Kier molecular flexibility index (Phi) is 5.41. The van der Waals surface area contributed by atoms with Gasteiger partial charge in [0.05, 0.1) is 17.1 Å². The van der Waals surface area contributed by atoms with E-state index in [1.807, 2.05) is 79.0 Å². The topological polar surface area (TPSA) is 51.4 Å². The summed E-state index contributed by atoms with van der Waals surface area (Å²) in [7, 11) is 0. The predicted octanol–water partition coefficient (Wildman–Crippen LogP) is 9.94. The normalized spacial score (nSPS) is 13.6. The van der Waals surface area contributed by atoms with Crippen molar-refractivity contribution >= 4 is 39.1 Å². The van der Waals surface area contributed by atoms with Gasteiger partial charge in [0, 0.05) is 51.8 Å². The van der Waals surface area contributed by atoms with Gasteiger partial charge < -0.3 is 9.15 Å². The van der Waals surface area contributed by atoms with Crippen LogP contribution < -0.4 is 9.64 Å². The van der Waals surface area contributed by atoms with Crippen molar-refractivity contribution in [3.05, 3.63) is 139 Å². The van der Waals surface area contributed by atoms with E-state index >= 15 is 0 Å². The molecule has 42 heavy (non-hydrogen) atoms. The zero-order chi connectivity index (χ0) is 28.3. The molecule has 4 aromatic carbocycles. The van der Waals surface area contributed by atoms with Crippen LogP contribution in [0.5, 0.6) is 11.5 Å². The number of hydrogen-bond donors (Lipinski definition) is 0. The smallest absolute Gasteiger partial charge is 0.141 e. The molecule has 0 unspecified atom stereocenters. The highest BCUT2D eigenvalue weighted by molar-refractivity contribution is 6.07. The van der Waals surface area contributed by atoms with Gasteiger partial charge in [-0.15, -0.1) is 0 Å². The highest BCUT2D eigenvalue weighted by Gasteiger charge is 2.38. The van der Waals surface area contributed by atoms with Gasteiger partial charge in [0.25, 0.3) is 0 Å². The van der Waals surface area contributed by atoms with Crippen molar-refractivity contribution < 1.29 is 9.15 Å². The third-order valence-corrected chi connectivity index (χ3v) is 8.19. The molecule has 5 nitrogen and oxygen atoms in total. The van der Waals surface area contributed by atoms with E-state index in [2.05, 4.69) is 66.2 Å². The molecule has 5 heteroatoms. The summed E-state index contributed by atoms with van der Waals surface area (Å²) in [5.74, 6) is 2.39. The Bertz CT molecular complexity index is 2110. The van der Waals surface area contributed by atoms with Gasteiger partial charge in [0.15, 0.2) is 0 Å². The molecule has 1 aliphatic heterocycles. The SMILES string of the molecule is CC1(C)c2cc3c(cc2N(c2cccc(Oc4cccc(-c5ccccn5)c4)c2)c2ncccc21)oc1ccccc13. The second-order valence-corrected chi connectivity index (χ2v) is 11.1. The predicted molar refractivity (Wildman–Crippen MR) is 168 cm³/mol. The lowest BCUT2D eigenvalue weighted by molar-refractivity contribution is 0.483. The minimum absolute atomic E-state index is 0.262. The largest absolute Gasteiger partial charge is 0.457 e. The summed E-state index contributed by atoms with van der Waals surface area (Å²) >= 11 is 0. The molecule has 0 saturated carbocycles. The average molecular weight is 546 g/mol. The molecule has 202 valence electrons. The molecule has 0 aliphatic carbocycles. The van der Waals surface area contributed by atoms with Gasteiger partial charge in [-0.2, -0.15) is 0 Å². The Morgan fingerprint density at radius 1 is 0.643 bits per heavy atom. The number of ether oxygens (including phenoxy) is 1. The van der Waals surface area contributed by atoms with Crippen LogP contribution in [0, 0.1) is 0 Å². The Balaban J connectivity index is 1.26. The summed E-state index contributed by atoms with van der Waals surface area (Å²) in [4.78, 5) is 11.6. The lowest BCUT2D eigenvalue weighted by atomic mass is 9.74. The molecule has 0 atom stereocenters. The van der Waals surface area contributed by atoms with Gasteiger partial charge in [-0.25, -0.2) is 4.98 Å². The molecule has 0 spiro atoms. The molecular weight excluding hydrogens is 518 g/mol. The fourth-order valence-corrected chi connectivity index (χ4v) is 6.10. The highest BCUT2D eigenvalue weighted by Crippen LogP contribution is 2.53. The van der Waals surface area contributed by atoms with Crippen molar-refractivity contribution in [2.24, 2.45) is 0 Å². The van der Waals surface area contributed by atoms with Crippen LogP contribution in [0.25, 0.3) is 33.2 Å². The number of aromatic nitrogens is 2. The van der Waals surface area contributed by atoms with E-state index in [1.165, 1.54) is 11.1 Å². The molecule has 0 saturated heterocycles. The Morgan fingerprint density at radius 2 is 1.45 bits per heavy atom. The quantitative estimate of drug-likeness (QED) is 0.220. The standard InChI is InChI=1S/C37H27N3O2/c1-37(2)30-15-9-19-39-36(30)40(33-23-35-29(22-31(33)37)28-14-3-4-17-34(28)42-35)25-11-8-13-27(21-25)41-26-12-7-10-24(20-26)32-16-5-6-18-38-32/h3-23H,1-2H3. The van der Waals surface area contributed by atoms with Crippen molar-refractivity contribution in [3.63, 3.8) is 0 Å². The first-order valence-corrected chi connectivity index (χ1v) is 14.1. The third kappa shape index (κ3) is 3.85. The molecule has 0 N–H and O–H groups in total. The van der Waals surface area contributed by atoms with Crippen molar-refractivity contribution in [1.29, 1.82) is 0 Å². The summed E-state index contributed by atoms with van der Waals surface area (Å²) < 4.78 is 12.7. The molecule has 0 fully saturated rings. The van der Waals surface area contributed by atoms with E-state index in [9.17, 15) is 0 Å². The molecule has 0 radical (unpaired) electrons. The zero-order valence-corrected chi connectivity index (χ0v) is 23.3. The first-order valence-electron chi connectivity index (χ1n) is 14.1. The fourth-order valence-electron chi connectivity index (χ4n) is 6.10. The average Bonchev–Trinajstić information content (AvgIpc) is 3.39. The second-order valence-electron chi connectivity index (χ2n) is 11.1. The maximum atomic E-state index is 6.41. The number of hydrogen-bond acceptors (Lipinski definition) is 5. The summed E-state index contributed by atoms with van der Waals surface area (Å²) in [6, 6.07) is 39.0. The number of para-hydroxylation sites is 1. The minimum atomic E-state index is -0.262. The van der Waals surface area contributed by atoms with Crippen LogP contribution in [-0.2, 0) is 5.41 Å². The summed E-state index contributed by atoms with van der Waals surface area (Å²) in [6.45, 7) is 4.54. The van der Waals surface area contributed by atoms with Crippen molar-refractivity contribution in [1.82, 2.24) is 9.97 Å². The summed E-state index contributed by atoms with van der Waals surface area (Å²) in [6.07, 6.45) is 3.66. The van der Waals surface area contributed by atoms with E-state index in [0.29, 0.717) is 0 Å². The van der Waals surface area contributed by atoms with Crippen LogP contribution in [0.1, 0.15) is 25.0 Å². The third-order valence-electron chi connectivity index (χ3n) is 8.19. The maximum Gasteiger partial charge on any atom is 0.141 e. The monoisotopic (exact) mass is 545 g/mol. The van der Waals surface area contributed by atoms with Crippen LogP contribution in [-0.4, -0.2) is 9.97 Å². The summed E-state index contributed by atoms with van der Waals surface area (Å²) in [5, 5.41) is 2.24. The van der Waals surface area contributed by atoms with Gasteiger partial charge in [-0.05, 0) is 60.2 Å². The zero-order valence-electron chi connectivity index (χ0n) is 23.3. The Hall–Kier alpha value is -5.42. The molecule has 1 aliphatic rings. The van der Waals surface area contributed by atoms with Crippen LogP contribution in [0.15, 0.2) is 132 Å². The van der Waals surface area contributed by atoms with E-state index in [4.69, 9.17) is 14.1 Å². The highest BCUT2D eigenvalue weighted by atomic mass is 16.5. The number of pyridine rings is 2. The Morgan fingerprint density at radius 3 is 2.33 bits per heavy atom. The molecule has 8 rings (SSSR count). The van der Waals surface area contributed by atoms with Crippen LogP contribution in [0.2, 0.25) is 0 Å². The van der Waals surface area contributed by atoms with Crippen molar-refractivity contribution in [2.75, 3.05) is 4.90 Å². The molecule has 0 bridgehead atoms. The van der Waals surface area contributed by atoms with Crippen molar-refractivity contribution in [3.8, 4) is 22.8 Å². The number of rotatable bonds is 4. The van der Waals surface area contributed by atoms with Gasteiger partial charge >= 0.3 is 0 Å². The van der Waals surface area contributed by atoms with Crippen molar-refractivity contribution in [2.45, 2.75) is 19.3 Å². The van der Waals surface area contributed by atoms with E-state index in [1.54, 1.807) is 6.20 Å². The van der Waals surface area contributed by atoms with Crippen LogP contribution >= 0.6 is 0 Å². The first kappa shape index (κ1) is 24.4. The van der Waals surface area contributed by atoms with Gasteiger partial charge in [0.1, 0.15) is 28.5 Å². The van der Waals surface area contributed by atoms with E-state index in [-0.39, 0.29) is 5.41 Å². The molecule has 7 aromatic rings. The second kappa shape index (κ2) is 9.32. The van der Waals surface area contributed by atoms with E-state index < -0.39 is 0 Å². The fraction of sp³-hybridized carbons (Fsp3) is 0.0811. The Labute approximate surface area is 243 Å². The molecule has 3 aromatic heterocycles. The van der Waals surface area contributed by atoms with Crippen LogP contribution in [0.4, 0.5) is 17.2 Å². The van der Waals surface area contributed by atoms with Gasteiger partial charge in [0.2, 0.25) is 0 Å². The number of anilines is 3. The lowest BCUT2D eigenvalue weighted by Gasteiger charge is -2.41. The maximum absolute atomic E-state index is 6.41. The summed E-state index contributed by atoms with van der Waals surface area (Å²) in [5.41, 5.74) is 7.78. The first-order chi connectivity index (χ1) is 20.6. The molecule has 4 heterocycles.